The van der Waals surface area contributed by atoms with Gasteiger partial charge in [-0.15, -0.1) is 0 Å². The third kappa shape index (κ3) is 2.55. The van der Waals surface area contributed by atoms with Crippen LogP contribution in [0.15, 0.2) is 48.7 Å². The highest BCUT2D eigenvalue weighted by Gasteiger charge is 2.12. The first kappa shape index (κ1) is 14.2. The number of pyridine rings is 1. The molecule has 0 fully saturated rings. The molecule has 1 heterocycles. The quantitative estimate of drug-likeness (QED) is 0.799. The topological polar surface area (TPSA) is 51.6 Å². The van der Waals surface area contributed by atoms with Gasteiger partial charge >= 0.3 is 0 Å². The smallest absolute Gasteiger partial charge is 0.200 e. The first-order chi connectivity index (χ1) is 10.7. The van der Waals surface area contributed by atoms with Gasteiger partial charge in [-0.25, -0.2) is 0 Å². The Morgan fingerprint density at radius 1 is 1.00 bits per heavy atom. The monoisotopic (exact) mass is 295 g/mol. The Morgan fingerprint density at radius 2 is 1.68 bits per heavy atom. The zero-order chi connectivity index (χ0) is 15.5. The van der Waals surface area contributed by atoms with Crippen molar-refractivity contribution in [2.24, 2.45) is 0 Å². The Kier molecular flexibility index (Phi) is 3.83. The average Bonchev–Trinajstić information content (AvgIpc) is 2.56. The van der Waals surface area contributed by atoms with Gasteiger partial charge in [0.2, 0.25) is 5.75 Å². The van der Waals surface area contributed by atoms with Gasteiger partial charge in [0.1, 0.15) is 0 Å². The van der Waals surface area contributed by atoms with Crippen molar-refractivity contribution >= 4 is 10.8 Å². The molecule has 0 atom stereocenters. The van der Waals surface area contributed by atoms with Crippen LogP contribution in [-0.4, -0.2) is 24.3 Å². The summed E-state index contributed by atoms with van der Waals surface area (Å²) in [6.45, 7) is 0. The van der Waals surface area contributed by atoms with Crippen LogP contribution >= 0.6 is 0 Å². The molecule has 1 N–H and O–H groups in total. The highest BCUT2D eigenvalue weighted by Crippen LogP contribution is 2.37. The van der Waals surface area contributed by atoms with Crippen LogP contribution < -0.4 is 9.47 Å². The SMILES string of the molecule is COc1cc(Cc2nccc3ccccc23)cc(OC)c1O. The highest BCUT2D eigenvalue weighted by molar-refractivity contribution is 5.84. The molecule has 0 unspecified atom stereocenters. The predicted octanol–water partition coefficient (Wildman–Crippen LogP) is 3.55. The largest absolute Gasteiger partial charge is 0.502 e. The summed E-state index contributed by atoms with van der Waals surface area (Å²) in [6.07, 6.45) is 2.45. The van der Waals surface area contributed by atoms with Crippen LogP contribution in [0.2, 0.25) is 0 Å². The van der Waals surface area contributed by atoms with Gasteiger partial charge in [0.05, 0.1) is 19.9 Å². The van der Waals surface area contributed by atoms with E-state index in [1.807, 2.05) is 24.4 Å². The lowest BCUT2D eigenvalue weighted by Gasteiger charge is -2.12. The van der Waals surface area contributed by atoms with Crippen LogP contribution in [0.3, 0.4) is 0 Å². The maximum absolute atomic E-state index is 9.99. The van der Waals surface area contributed by atoms with Crippen molar-refractivity contribution in [1.82, 2.24) is 4.98 Å². The Bertz CT molecular complexity index is 784. The van der Waals surface area contributed by atoms with Crippen molar-refractivity contribution in [2.45, 2.75) is 6.42 Å². The Hall–Kier alpha value is -2.75. The first-order valence-corrected chi connectivity index (χ1v) is 6.99. The molecule has 1 aromatic heterocycles. The maximum Gasteiger partial charge on any atom is 0.200 e. The second-order valence-corrected chi connectivity index (χ2v) is 5.00. The molecule has 4 nitrogen and oxygen atoms in total. The van der Waals surface area contributed by atoms with Gasteiger partial charge in [0, 0.05) is 18.0 Å². The summed E-state index contributed by atoms with van der Waals surface area (Å²) in [4.78, 5) is 4.49. The van der Waals surface area contributed by atoms with E-state index in [2.05, 4.69) is 17.1 Å². The first-order valence-electron chi connectivity index (χ1n) is 6.99. The number of aromatic nitrogens is 1. The Balaban J connectivity index is 2.05. The fourth-order valence-electron chi connectivity index (χ4n) is 2.57. The molecule has 0 spiro atoms. The summed E-state index contributed by atoms with van der Waals surface area (Å²) in [5, 5.41) is 12.3. The fraction of sp³-hybridized carbons (Fsp3) is 0.167. The minimum Gasteiger partial charge on any atom is -0.502 e. The molecule has 4 heteroatoms. The lowest BCUT2D eigenvalue weighted by atomic mass is 10.0. The van der Waals surface area contributed by atoms with Crippen molar-refractivity contribution in [1.29, 1.82) is 0 Å². The van der Waals surface area contributed by atoms with Crippen LogP contribution in [0.25, 0.3) is 10.8 Å². The number of phenolic OH excluding ortho intramolecular Hbond substituents is 1. The lowest BCUT2D eigenvalue weighted by Crippen LogP contribution is -1.96. The van der Waals surface area contributed by atoms with Gasteiger partial charge in [0.25, 0.3) is 0 Å². The number of rotatable bonds is 4. The van der Waals surface area contributed by atoms with Gasteiger partial charge in [0.15, 0.2) is 11.5 Å². The van der Waals surface area contributed by atoms with E-state index in [-0.39, 0.29) is 5.75 Å². The number of benzene rings is 2. The minimum atomic E-state index is 0.0135. The third-order valence-electron chi connectivity index (χ3n) is 3.67. The van der Waals surface area contributed by atoms with Crippen LogP contribution in [0, 0.1) is 0 Å². The number of methoxy groups -OCH3 is 2. The van der Waals surface area contributed by atoms with Crippen LogP contribution in [0.4, 0.5) is 0 Å². The molecule has 0 amide bonds. The van der Waals surface area contributed by atoms with Crippen molar-refractivity contribution in [3.05, 3.63) is 59.9 Å². The third-order valence-corrected chi connectivity index (χ3v) is 3.67. The number of hydrogen-bond acceptors (Lipinski definition) is 4. The molecule has 112 valence electrons. The molecule has 3 rings (SSSR count). The molecule has 0 bridgehead atoms. The van der Waals surface area contributed by atoms with E-state index in [0.29, 0.717) is 17.9 Å². The lowest BCUT2D eigenvalue weighted by molar-refractivity contribution is 0.339. The summed E-state index contributed by atoms with van der Waals surface area (Å²) >= 11 is 0. The van der Waals surface area contributed by atoms with Crippen LogP contribution in [0.1, 0.15) is 11.3 Å². The van der Waals surface area contributed by atoms with Crippen molar-refractivity contribution in [3.63, 3.8) is 0 Å². The second-order valence-electron chi connectivity index (χ2n) is 5.00. The van der Waals surface area contributed by atoms with Crippen LogP contribution in [0.5, 0.6) is 17.2 Å². The highest BCUT2D eigenvalue weighted by atomic mass is 16.5. The summed E-state index contributed by atoms with van der Waals surface area (Å²) in [7, 11) is 3.04. The van der Waals surface area contributed by atoms with Gasteiger partial charge in [-0.2, -0.15) is 0 Å². The standard InChI is InChI=1S/C18H17NO3/c1-21-16-10-12(11-17(22-2)18(16)20)9-15-14-6-4-3-5-13(14)7-8-19-15/h3-8,10-11,20H,9H2,1-2H3. The molecular formula is C18H17NO3. The maximum atomic E-state index is 9.99. The van der Waals surface area contributed by atoms with Gasteiger partial charge in [-0.3, -0.25) is 4.98 Å². The number of aromatic hydroxyl groups is 1. The van der Waals surface area contributed by atoms with E-state index in [0.717, 1.165) is 22.0 Å². The van der Waals surface area contributed by atoms with E-state index in [1.165, 1.54) is 14.2 Å². The van der Waals surface area contributed by atoms with Gasteiger partial charge in [-0.05, 0) is 29.1 Å². The van der Waals surface area contributed by atoms with E-state index in [1.54, 1.807) is 12.1 Å². The fourth-order valence-corrected chi connectivity index (χ4v) is 2.57. The molecule has 3 aromatic rings. The van der Waals surface area contributed by atoms with E-state index < -0.39 is 0 Å². The average molecular weight is 295 g/mol. The zero-order valence-electron chi connectivity index (χ0n) is 12.5. The zero-order valence-corrected chi connectivity index (χ0v) is 12.5. The molecule has 22 heavy (non-hydrogen) atoms. The van der Waals surface area contributed by atoms with E-state index in [4.69, 9.17) is 9.47 Å². The molecule has 0 saturated carbocycles. The molecule has 0 aliphatic heterocycles. The molecule has 0 saturated heterocycles. The van der Waals surface area contributed by atoms with Crippen LogP contribution in [-0.2, 0) is 6.42 Å². The molecule has 0 radical (unpaired) electrons. The van der Waals surface area contributed by atoms with Crippen molar-refractivity contribution < 1.29 is 14.6 Å². The Labute approximate surface area is 129 Å². The number of ether oxygens (including phenoxy) is 2. The number of hydrogen-bond donors (Lipinski definition) is 1. The molecule has 0 aliphatic rings. The molecule has 2 aromatic carbocycles. The summed E-state index contributed by atoms with van der Waals surface area (Å²) in [5.41, 5.74) is 1.95. The summed E-state index contributed by atoms with van der Waals surface area (Å²) in [6, 6.07) is 13.8. The summed E-state index contributed by atoms with van der Waals surface area (Å²) < 4.78 is 10.4. The predicted molar refractivity (Wildman–Crippen MR) is 85.8 cm³/mol. The number of nitrogens with zero attached hydrogens (tertiary/aromatic N) is 1. The van der Waals surface area contributed by atoms with E-state index in [9.17, 15) is 5.11 Å². The molecule has 0 aliphatic carbocycles. The van der Waals surface area contributed by atoms with E-state index >= 15 is 0 Å². The number of fused-ring (bicyclic) bond motifs is 1. The Morgan fingerprint density at radius 3 is 2.36 bits per heavy atom. The minimum absolute atomic E-state index is 0.0135. The summed E-state index contributed by atoms with van der Waals surface area (Å²) in [5.74, 6) is 0.809. The van der Waals surface area contributed by atoms with Crippen molar-refractivity contribution in [3.8, 4) is 17.2 Å². The van der Waals surface area contributed by atoms with Crippen molar-refractivity contribution in [2.75, 3.05) is 14.2 Å². The van der Waals surface area contributed by atoms with Gasteiger partial charge in [-0.1, -0.05) is 24.3 Å². The number of phenols is 1. The molecular weight excluding hydrogens is 278 g/mol. The second kappa shape index (κ2) is 5.93. The van der Waals surface area contributed by atoms with Gasteiger partial charge < -0.3 is 14.6 Å². The normalized spacial score (nSPS) is 10.6.